The first kappa shape index (κ1) is 21.1. The van der Waals surface area contributed by atoms with Gasteiger partial charge in [-0.1, -0.05) is 36.4 Å². The van der Waals surface area contributed by atoms with Crippen molar-refractivity contribution in [1.29, 1.82) is 0 Å². The lowest BCUT2D eigenvalue weighted by Crippen LogP contribution is -2.35. The number of amides is 1. The zero-order chi connectivity index (χ0) is 19.9. The number of hydrogen-bond acceptors (Lipinski definition) is 4. The van der Waals surface area contributed by atoms with Crippen LogP contribution in [0, 0.1) is 0 Å². The molecule has 0 fully saturated rings. The fourth-order valence-corrected chi connectivity index (χ4v) is 3.56. The van der Waals surface area contributed by atoms with Crippen LogP contribution in [0.4, 0.5) is 0 Å². The van der Waals surface area contributed by atoms with Crippen molar-refractivity contribution in [2.24, 2.45) is 0 Å². The van der Waals surface area contributed by atoms with E-state index in [1.165, 1.54) is 12.1 Å². The van der Waals surface area contributed by atoms with E-state index in [4.69, 9.17) is 0 Å². The van der Waals surface area contributed by atoms with E-state index in [2.05, 4.69) is 10.0 Å². The Bertz CT molecular complexity index is 852. The van der Waals surface area contributed by atoms with Gasteiger partial charge in [-0.3, -0.25) is 4.79 Å². The van der Waals surface area contributed by atoms with Crippen LogP contribution in [-0.2, 0) is 16.6 Å². The van der Waals surface area contributed by atoms with E-state index in [1.54, 1.807) is 12.1 Å². The molecule has 0 aliphatic carbocycles. The van der Waals surface area contributed by atoms with Crippen LogP contribution >= 0.6 is 0 Å². The molecule has 0 heterocycles. The summed E-state index contributed by atoms with van der Waals surface area (Å²) in [6, 6.07) is 15.4. The summed E-state index contributed by atoms with van der Waals surface area (Å²) < 4.78 is 27.6. The van der Waals surface area contributed by atoms with E-state index >= 15 is 0 Å². The second-order valence-electron chi connectivity index (χ2n) is 6.80. The monoisotopic (exact) mass is 389 g/mol. The SMILES string of the molecule is CC(CCN(C)C)NC(=O)c1cccc(S(=O)(=O)NCc2ccccc2)c1. The molecule has 6 nitrogen and oxygen atoms in total. The minimum absolute atomic E-state index is 0.00336. The van der Waals surface area contributed by atoms with Crippen LogP contribution in [0.5, 0.6) is 0 Å². The van der Waals surface area contributed by atoms with E-state index in [0.29, 0.717) is 5.56 Å². The standard InChI is InChI=1S/C20H27N3O3S/c1-16(12-13-23(2)3)22-20(24)18-10-7-11-19(14-18)27(25,26)21-15-17-8-5-4-6-9-17/h4-11,14,16,21H,12-13,15H2,1-3H3,(H,22,24). The average molecular weight is 390 g/mol. The molecule has 1 amide bonds. The Balaban J connectivity index is 2.03. The number of sulfonamides is 1. The summed E-state index contributed by atoms with van der Waals surface area (Å²) in [4.78, 5) is 14.5. The molecule has 0 spiro atoms. The summed E-state index contributed by atoms with van der Waals surface area (Å²) in [7, 11) is 0.254. The van der Waals surface area contributed by atoms with E-state index in [1.807, 2.05) is 56.3 Å². The van der Waals surface area contributed by atoms with Gasteiger partial charge in [-0.05, 0) is 57.7 Å². The maximum absolute atomic E-state index is 12.5. The number of hydrogen-bond donors (Lipinski definition) is 2. The van der Waals surface area contributed by atoms with Gasteiger partial charge in [-0.2, -0.15) is 0 Å². The van der Waals surface area contributed by atoms with Crippen molar-refractivity contribution >= 4 is 15.9 Å². The van der Waals surface area contributed by atoms with E-state index in [-0.39, 0.29) is 23.4 Å². The second-order valence-corrected chi connectivity index (χ2v) is 8.57. The Labute approximate surface area is 161 Å². The normalized spacial score (nSPS) is 12.7. The predicted octanol–water partition coefficient (Wildman–Crippen LogP) is 2.24. The summed E-state index contributed by atoms with van der Waals surface area (Å²) in [6.07, 6.45) is 0.815. The molecule has 146 valence electrons. The summed E-state index contributed by atoms with van der Waals surface area (Å²) >= 11 is 0. The smallest absolute Gasteiger partial charge is 0.251 e. The lowest BCUT2D eigenvalue weighted by Gasteiger charge is -2.17. The summed E-state index contributed by atoms with van der Waals surface area (Å²) in [5.74, 6) is -0.277. The number of nitrogens with zero attached hydrogens (tertiary/aromatic N) is 1. The molecule has 2 aromatic rings. The summed E-state index contributed by atoms with van der Waals surface area (Å²) in [5, 5.41) is 2.91. The number of rotatable bonds is 9. The minimum atomic E-state index is -3.70. The van der Waals surface area contributed by atoms with Crippen LogP contribution < -0.4 is 10.0 Å². The largest absolute Gasteiger partial charge is 0.350 e. The third-order valence-corrected chi connectivity index (χ3v) is 5.50. The van der Waals surface area contributed by atoms with Crippen molar-refractivity contribution in [2.45, 2.75) is 30.8 Å². The highest BCUT2D eigenvalue weighted by Crippen LogP contribution is 2.13. The van der Waals surface area contributed by atoms with Crippen LogP contribution in [0.3, 0.4) is 0 Å². The van der Waals surface area contributed by atoms with Gasteiger partial charge in [0.05, 0.1) is 4.90 Å². The first-order valence-corrected chi connectivity index (χ1v) is 10.4. The van der Waals surface area contributed by atoms with Gasteiger partial charge in [0, 0.05) is 18.2 Å². The number of carbonyl (C=O) groups excluding carboxylic acids is 1. The van der Waals surface area contributed by atoms with Crippen molar-refractivity contribution in [1.82, 2.24) is 14.9 Å². The molecule has 1 unspecified atom stereocenters. The molecule has 0 saturated carbocycles. The number of benzene rings is 2. The lowest BCUT2D eigenvalue weighted by atomic mass is 10.1. The highest BCUT2D eigenvalue weighted by molar-refractivity contribution is 7.89. The summed E-state index contributed by atoms with van der Waals surface area (Å²) in [5.41, 5.74) is 1.19. The van der Waals surface area contributed by atoms with Gasteiger partial charge in [-0.25, -0.2) is 13.1 Å². The molecule has 0 aromatic heterocycles. The van der Waals surface area contributed by atoms with Crippen LogP contribution in [0.2, 0.25) is 0 Å². The Hall–Kier alpha value is -2.22. The summed E-state index contributed by atoms with van der Waals surface area (Å²) in [6.45, 7) is 2.99. The molecule has 7 heteroatoms. The molecule has 2 N–H and O–H groups in total. The first-order chi connectivity index (χ1) is 12.8. The fourth-order valence-electron chi connectivity index (χ4n) is 2.49. The van der Waals surface area contributed by atoms with E-state index in [9.17, 15) is 13.2 Å². The molecule has 2 rings (SSSR count). The van der Waals surface area contributed by atoms with Crippen LogP contribution in [0.1, 0.15) is 29.3 Å². The van der Waals surface area contributed by atoms with Crippen LogP contribution in [-0.4, -0.2) is 45.9 Å². The van der Waals surface area contributed by atoms with Crippen LogP contribution in [0.15, 0.2) is 59.5 Å². The van der Waals surface area contributed by atoms with Gasteiger partial charge < -0.3 is 10.2 Å². The number of nitrogens with one attached hydrogen (secondary N) is 2. The molecule has 2 aromatic carbocycles. The molecule has 0 radical (unpaired) electrons. The Kier molecular flexibility index (Phi) is 7.53. The van der Waals surface area contributed by atoms with Crippen molar-refractivity contribution < 1.29 is 13.2 Å². The van der Waals surface area contributed by atoms with Crippen LogP contribution in [0.25, 0.3) is 0 Å². The predicted molar refractivity (Wildman–Crippen MR) is 107 cm³/mol. The Morgan fingerprint density at radius 2 is 1.78 bits per heavy atom. The minimum Gasteiger partial charge on any atom is -0.350 e. The zero-order valence-electron chi connectivity index (χ0n) is 16.0. The van der Waals surface area contributed by atoms with Gasteiger partial charge in [0.25, 0.3) is 5.91 Å². The van der Waals surface area contributed by atoms with Gasteiger partial charge >= 0.3 is 0 Å². The average Bonchev–Trinajstić information content (AvgIpc) is 2.66. The van der Waals surface area contributed by atoms with Crippen molar-refractivity contribution in [3.8, 4) is 0 Å². The third-order valence-electron chi connectivity index (χ3n) is 4.10. The van der Waals surface area contributed by atoms with Gasteiger partial charge in [0.1, 0.15) is 0 Å². The highest BCUT2D eigenvalue weighted by Gasteiger charge is 2.17. The second kappa shape index (κ2) is 9.64. The van der Waals surface area contributed by atoms with Gasteiger partial charge in [0.2, 0.25) is 10.0 Å². The number of carbonyl (C=O) groups is 1. The zero-order valence-corrected chi connectivity index (χ0v) is 16.8. The fraction of sp³-hybridized carbons (Fsp3) is 0.350. The Morgan fingerprint density at radius 1 is 1.07 bits per heavy atom. The van der Waals surface area contributed by atoms with Crippen molar-refractivity contribution in [3.63, 3.8) is 0 Å². The lowest BCUT2D eigenvalue weighted by molar-refractivity contribution is 0.0936. The van der Waals surface area contributed by atoms with Gasteiger partial charge in [-0.15, -0.1) is 0 Å². The molecular formula is C20H27N3O3S. The molecule has 0 bridgehead atoms. The topological polar surface area (TPSA) is 78.5 Å². The quantitative estimate of drug-likeness (QED) is 0.689. The maximum atomic E-state index is 12.5. The van der Waals surface area contributed by atoms with E-state index in [0.717, 1.165) is 18.5 Å². The molecular weight excluding hydrogens is 362 g/mol. The van der Waals surface area contributed by atoms with Crippen molar-refractivity contribution in [3.05, 3.63) is 65.7 Å². The molecule has 1 atom stereocenters. The van der Waals surface area contributed by atoms with E-state index < -0.39 is 10.0 Å². The first-order valence-electron chi connectivity index (χ1n) is 8.87. The maximum Gasteiger partial charge on any atom is 0.251 e. The molecule has 27 heavy (non-hydrogen) atoms. The molecule has 0 aliphatic rings. The van der Waals surface area contributed by atoms with Crippen molar-refractivity contribution in [2.75, 3.05) is 20.6 Å². The third kappa shape index (κ3) is 6.78. The molecule has 0 saturated heterocycles. The van der Waals surface area contributed by atoms with Gasteiger partial charge in [0.15, 0.2) is 0 Å². The molecule has 0 aliphatic heterocycles. The Morgan fingerprint density at radius 3 is 2.44 bits per heavy atom. The highest BCUT2D eigenvalue weighted by atomic mass is 32.2.